The largest absolute Gasteiger partial charge is 0.466 e. The number of ether oxygens (including phenoxy) is 2. The van der Waals surface area contributed by atoms with Gasteiger partial charge in [-0.05, 0) is 30.0 Å². The predicted octanol–water partition coefficient (Wildman–Crippen LogP) is 3.27. The van der Waals surface area contributed by atoms with Crippen LogP contribution in [0.1, 0.15) is 24.9 Å². The normalized spacial score (nSPS) is 20.8. The third-order valence-electron chi connectivity index (χ3n) is 6.26. The Labute approximate surface area is 209 Å². The maximum Gasteiger partial charge on any atom is 0.338 e. The van der Waals surface area contributed by atoms with Crippen LogP contribution in [0.3, 0.4) is 0 Å². The van der Waals surface area contributed by atoms with Gasteiger partial charge in [-0.15, -0.1) is 0 Å². The SMILES string of the molecule is COCCN1CCN(C(=O)CC2=CSC3=NC(C)=C(C(=O)OC)[C@H](c4ccc(Cl)cc4)N23)CC1. The number of thioether (sulfide) groups is 1. The number of nitrogens with zero attached hydrogens (tertiary/aromatic N) is 4. The minimum absolute atomic E-state index is 0.0697. The van der Waals surface area contributed by atoms with E-state index < -0.39 is 12.0 Å². The molecule has 1 amide bonds. The number of rotatable bonds is 7. The molecule has 1 fully saturated rings. The summed E-state index contributed by atoms with van der Waals surface area (Å²) < 4.78 is 10.3. The number of aliphatic imine (C=N–C) groups is 1. The van der Waals surface area contributed by atoms with Gasteiger partial charge in [0.15, 0.2) is 5.17 Å². The van der Waals surface area contributed by atoms with Crippen LogP contribution in [0.25, 0.3) is 0 Å². The summed E-state index contributed by atoms with van der Waals surface area (Å²) in [5, 5.41) is 3.32. The number of halogens is 1. The molecule has 4 rings (SSSR count). The van der Waals surface area contributed by atoms with E-state index in [1.165, 1.54) is 18.9 Å². The molecule has 1 aromatic carbocycles. The molecule has 10 heteroatoms. The molecule has 0 N–H and O–H groups in total. The summed E-state index contributed by atoms with van der Waals surface area (Å²) in [7, 11) is 3.07. The van der Waals surface area contributed by atoms with Crippen molar-refractivity contribution in [2.24, 2.45) is 4.99 Å². The summed E-state index contributed by atoms with van der Waals surface area (Å²) in [6.07, 6.45) is 0.238. The van der Waals surface area contributed by atoms with E-state index in [1.807, 2.05) is 34.3 Å². The number of carbonyl (C=O) groups is 2. The number of amidine groups is 1. The van der Waals surface area contributed by atoms with Crippen molar-refractivity contribution in [1.29, 1.82) is 0 Å². The molecule has 1 atom stereocenters. The van der Waals surface area contributed by atoms with Gasteiger partial charge in [0.1, 0.15) is 0 Å². The molecule has 1 saturated heterocycles. The molecule has 0 saturated carbocycles. The Balaban J connectivity index is 1.54. The van der Waals surface area contributed by atoms with Gasteiger partial charge >= 0.3 is 5.97 Å². The molecule has 34 heavy (non-hydrogen) atoms. The van der Waals surface area contributed by atoms with E-state index >= 15 is 0 Å². The van der Waals surface area contributed by atoms with E-state index in [1.54, 1.807) is 19.2 Å². The van der Waals surface area contributed by atoms with Crippen molar-refractivity contribution in [3.05, 3.63) is 57.2 Å². The van der Waals surface area contributed by atoms with Crippen molar-refractivity contribution in [2.45, 2.75) is 19.4 Å². The average molecular weight is 505 g/mol. The van der Waals surface area contributed by atoms with Crippen LogP contribution in [0.2, 0.25) is 5.02 Å². The molecular formula is C24H29ClN4O4S. The Kier molecular flexibility index (Phi) is 7.98. The lowest BCUT2D eigenvalue weighted by Gasteiger charge is -2.37. The third kappa shape index (κ3) is 5.17. The highest BCUT2D eigenvalue weighted by molar-refractivity contribution is 8.16. The van der Waals surface area contributed by atoms with Gasteiger partial charge in [0.05, 0.1) is 37.4 Å². The second-order valence-corrected chi connectivity index (χ2v) is 9.60. The fourth-order valence-electron chi connectivity index (χ4n) is 4.41. The van der Waals surface area contributed by atoms with Crippen molar-refractivity contribution in [1.82, 2.24) is 14.7 Å². The Morgan fingerprint density at radius 2 is 1.85 bits per heavy atom. The van der Waals surface area contributed by atoms with Crippen molar-refractivity contribution in [3.63, 3.8) is 0 Å². The van der Waals surface area contributed by atoms with Gasteiger partial charge < -0.3 is 19.3 Å². The molecular weight excluding hydrogens is 476 g/mol. The number of benzene rings is 1. The van der Waals surface area contributed by atoms with Crippen LogP contribution >= 0.6 is 23.4 Å². The maximum absolute atomic E-state index is 13.2. The number of piperazine rings is 1. The number of methoxy groups -OCH3 is 2. The number of fused-ring (bicyclic) bond motifs is 1. The van der Waals surface area contributed by atoms with Crippen LogP contribution < -0.4 is 0 Å². The van der Waals surface area contributed by atoms with Gasteiger partial charge in [0.25, 0.3) is 0 Å². The summed E-state index contributed by atoms with van der Waals surface area (Å²) in [6, 6.07) is 6.94. The van der Waals surface area contributed by atoms with E-state index in [4.69, 9.17) is 21.1 Å². The first-order chi connectivity index (χ1) is 16.4. The first kappa shape index (κ1) is 24.8. The van der Waals surface area contributed by atoms with E-state index in [0.29, 0.717) is 36.0 Å². The smallest absolute Gasteiger partial charge is 0.338 e. The minimum atomic E-state index is -0.447. The zero-order chi connectivity index (χ0) is 24.2. The lowest BCUT2D eigenvalue weighted by molar-refractivity contribution is -0.136. The fourth-order valence-corrected chi connectivity index (χ4v) is 5.50. The molecule has 0 unspecified atom stereocenters. The molecule has 3 heterocycles. The standard InChI is InChI=1S/C24H29ClN4O4S/c1-16-21(23(31)33-3)22(17-4-6-18(25)7-5-17)29-19(15-34-24(29)26-16)14-20(30)28-10-8-27(9-11-28)12-13-32-2/h4-7,15,22H,8-14H2,1-3H3/t22-/m0/s1. The molecule has 0 spiro atoms. The number of amides is 1. The van der Waals surface area contributed by atoms with Crippen LogP contribution in [0, 0.1) is 0 Å². The van der Waals surface area contributed by atoms with Crippen LogP contribution in [0.15, 0.2) is 51.6 Å². The van der Waals surface area contributed by atoms with Crippen LogP contribution in [-0.2, 0) is 19.1 Å². The van der Waals surface area contributed by atoms with Crippen molar-refractivity contribution in [3.8, 4) is 0 Å². The molecule has 182 valence electrons. The molecule has 0 aliphatic carbocycles. The topological polar surface area (TPSA) is 74.7 Å². The lowest BCUT2D eigenvalue weighted by Crippen LogP contribution is -2.49. The number of hydrogen-bond donors (Lipinski definition) is 0. The highest BCUT2D eigenvalue weighted by atomic mass is 35.5. The fraction of sp³-hybridized carbons (Fsp3) is 0.458. The summed E-state index contributed by atoms with van der Waals surface area (Å²) in [5.74, 6) is -0.366. The van der Waals surface area contributed by atoms with Crippen molar-refractivity contribution >= 4 is 40.4 Å². The zero-order valence-electron chi connectivity index (χ0n) is 19.6. The van der Waals surface area contributed by atoms with E-state index in [-0.39, 0.29) is 12.3 Å². The summed E-state index contributed by atoms with van der Waals surface area (Å²) in [5.41, 5.74) is 2.77. The molecule has 0 radical (unpaired) electrons. The monoisotopic (exact) mass is 504 g/mol. The van der Waals surface area contributed by atoms with Crippen LogP contribution in [0.4, 0.5) is 0 Å². The Hall–Kier alpha value is -2.33. The number of carbonyl (C=O) groups excluding carboxylic acids is 2. The quantitative estimate of drug-likeness (QED) is 0.527. The number of hydrogen-bond acceptors (Lipinski definition) is 8. The lowest BCUT2D eigenvalue weighted by atomic mass is 9.94. The molecule has 3 aliphatic heterocycles. The summed E-state index contributed by atoms with van der Waals surface area (Å²) >= 11 is 7.59. The number of allylic oxidation sites excluding steroid dienone is 1. The summed E-state index contributed by atoms with van der Waals surface area (Å²) in [4.78, 5) is 36.9. The molecule has 1 aromatic rings. The maximum atomic E-state index is 13.2. The molecule has 8 nitrogen and oxygen atoms in total. The first-order valence-electron chi connectivity index (χ1n) is 11.2. The molecule has 3 aliphatic rings. The molecule has 0 bridgehead atoms. The average Bonchev–Trinajstić information content (AvgIpc) is 3.24. The van der Waals surface area contributed by atoms with Crippen LogP contribution in [-0.4, -0.2) is 85.3 Å². The van der Waals surface area contributed by atoms with Crippen molar-refractivity contribution in [2.75, 3.05) is 53.6 Å². The van der Waals surface area contributed by atoms with Crippen molar-refractivity contribution < 1.29 is 19.1 Å². The predicted molar refractivity (Wildman–Crippen MR) is 133 cm³/mol. The Morgan fingerprint density at radius 3 is 2.50 bits per heavy atom. The Bertz CT molecular complexity index is 1030. The zero-order valence-corrected chi connectivity index (χ0v) is 21.2. The van der Waals surface area contributed by atoms with Gasteiger partial charge in [-0.3, -0.25) is 9.69 Å². The molecule has 0 aromatic heterocycles. The minimum Gasteiger partial charge on any atom is -0.466 e. The van der Waals surface area contributed by atoms with E-state index in [2.05, 4.69) is 9.89 Å². The van der Waals surface area contributed by atoms with E-state index in [9.17, 15) is 9.59 Å². The van der Waals surface area contributed by atoms with Gasteiger partial charge in [-0.25, -0.2) is 9.79 Å². The van der Waals surface area contributed by atoms with Gasteiger partial charge in [-0.1, -0.05) is 35.5 Å². The second kappa shape index (κ2) is 10.9. The highest BCUT2D eigenvalue weighted by Gasteiger charge is 2.41. The second-order valence-electron chi connectivity index (χ2n) is 8.33. The number of esters is 1. The third-order valence-corrected chi connectivity index (χ3v) is 7.40. The first-order valence-corrected chi connectivity index (χ1v) is 12.5. The summed E-state index contributed by atoms with van der Waals surface area (Å²) in [6.45, 7) is 6.43. The highest BCUT2D eigenvalue weighted by Crippen LogP contribution is 2.45. The Morgan fingerprint density at radius 1 is 1.15 bits per heavy atom. The van der Waals surface area contributed by atoms with Crippen LogP contribution in [0.5, 0.6) is 0 Å². The van der Waals surface area contributed by atoms with Gasteiger partial charge in [-0.2, -0.15) is 0 Å². The van der Waals surface area contributed by atoms with Gasteiger partial charge in [0, 0.05) is 50.6 Å². The van der Waals surface area contributed by atoms with Gasteiger partial charge in [0.2, 0.25) is 5.91 Å². The van der Waals surface area contributed by atoms with E-state index in [0.717, 1.165) is 36.1 Å².